The van der Waals surface area contributed by atoms with E-state index in [2.05, 4.69) is 25.7 Å². The van der Waals surface area contributed by atoms with Crippen LogP contribution in [0.3, 0.4) is 0 Å². The quantitative estimate of drug-likeness (QED) is 0.455. The second-order valence-electron chi connectivity index (χ2n) is 6.45. The molecule has 3 heterocycles. The number of thiazole rings is 1. The van der Waals surface area contributed by atoms with Crippen LogP contribution in [-0.2, 0) is 11.3 Å². The van der Waals surface area contributed by atoms with Gasteiger partial charge in [0.1, 0.15) is 12.4 Å². The second-order valence-corrected chi connectivity index (χ2v) is 7.48. The molecular weight excluding hydrogens is 402 g/mol. The zero-order valence-electron chi connectivity index (χ0n) is 15.5. The van der Waals surface area contributed by atoms with Crippen molar-refractivity contribution < 1.29 is 4.79 Å². The molecule has 0 radical (unpaired) electrons. The molecule has 2 N–H and O–H groups in total. The number of aromatic nitrogens is 5. The van der Waals surface area contributed by atoms with Crippen LogP contribution in [-0.4, -0.2) is 30.1 Å². The number of carbonyl (C=O) groups excluding carboxylic acids is 1. The van der Waals surface area contributed by atoms with Crippen molar-refractivity contribution in [2.75, 3.05) is 10.6 Å². The van der Waals surface area contributed by atoms with Crippen molar-refractivity contribution in [3.05, 3.63) is 77.3 Å². The smallest absolute Gasteiger partial charge is 0.340 e. The van der Waals surface area contributed by atoms with Gasteiger partial charge in [-0.1, -0.05) is 41.7 Å². The third-order valence-electron chi connectivity index (χ3n) is 4.33. The van der Waals surface area contributed by atoms with Gasteiger partial charge in [-0.05, 0) is 30.3 Å². The van der Waals surface area contributed by atoms with E-state index < -0.39 is 5.69 Å². The zero-order valence-corrected chi connectivity index (χ0v) is 16.3. The lowest BCUT2D eigenvalue weighted by Gasteiger charge is -2.04. The molecule has 0 spiro atoms. The number of rotatable bonds is 5. The Balaban J connectivity index is 1.35. The third kappa shape index (κ3) is 3.51. The van der Waals surface area contributed by atoms with Crippen molar-refractivity contribution >= 4 is 49.9 Å². The third-order valence-corrected chi connectivity index (χ3v) is 5.29. The molecule has 0 saturated heterocycles. The predicted octanol–water partition coefficient (Wildman–Crippen LogP) is 2.88. The summed E-state index contributed by atoms with van der Waals surface area (Å²) in [6, 6.07) is 18.8. The lowest BCUT2D eigenvalue weighted by Crippen LogP contribution is -2.28. The number of anilines is 3. The molecular formula is C20H15N7O2S. The number of nitrogens with one attached hydrogen (secondary N) is 2. The van der Waals surface area contributed by atoms with Gasteiger partial charge in [-0.25, -0.2) is 18.9 Å². The molecule has 0 bridgehead atoms. The van der Waals surface area contributed by atoms with E-state index in [1.165, 1.54) is 15.7 Å². The summed E-state index contributed by atoms with van der Waals surface area (Å²) in [5.74, 6) is 0.362. The molecule has 0 aliphatic heterocycles. The monoisotopic (exact) mass is 417 g/mol. The number of hydrogen-bond donors (Lipinski definition) is 2. The van der Waals surface area contributed by atoms with Crippen LogP contribution in [0.1, 0.15) is 0 Å². The molecule has 0 aliphatic carbocycles. The number of amides is 1. The summed E-state index contributed by atoms with van der Waals surface area (Å²) in [5.41, 5.74) is 1.24. The van der Waals surface area contributed by atoms with Crippen molar-refractivity contribution in [2.24, 2.45) is 0 Å². The molecule has 2 aromatic carbocycles. The van der Waals surface area contributed by atoms with Gasteiger partial charge in [0.05, 0.1) is 10.2 Å². The summed E-state index contributed by atoms with van der Waals surface area (Å²) in [7, 11) is 0. The van der Waals surface area contributed by atoms with Crippen LogP contribution >= 0.6 is 11.3 Å². The van der Waals surface area contributed by atoms with Crippen molar-refractivity contribution in [1.82, 2.24) is 24.1 Å². The summed E-state index contributed by atoms with van der Waals surface area (Å²) in [4.78, 5) is 33.7. The standard InChI is InChI=1S/C20H15N7O2S/c28-17(24-19-22-14-8-4-5-9-15(14)30-19)12-27-20(29)26-11-10-16(23-18(26)25-27)21-13-6-2-1-3-7-13/h1-11H,12H2,(H,21,23,25)(H,22,24,28). The van der Waals surface area contributed by atoms with E-state index >= 15 is 0 Å². The topological polar surface area (TPSA) is 106 Å². The summed E-state index contributed by atoms with van der Waals surface area (Å²) in [6.45, 7) is -0.237. The highest BCUT2D eigenvalue weighted by Crippen LogP contribution is 2.25. The van der Waals surface area contributed by atoms with E-state index in [4.69, 9.17) is 0 Å². The fraction of sp³-hybridized carbons (Fsp3) is 0.0500. The van der Waals surface area contributed by atoms with Gasteiger partial charge in [0.2, 0.25) is 5.91 Å². The van der Waals surface area contributed by atoms with Crippen molar-refractivity contribution in [2.45, 2.75) is 6.54 Å². The van der Waals surface area contributed by atoms with E-state index in [1.54, 1.807) is 12.3 Å². The predicted molar refractivity (Wildman–Crippen MR) is 115 cm³/mol. The summed E-state index contributed by atoms with van der Waals surface area (Å²) >= 11 is 1.37. The zero-order chi connectivity index (χ0) is 20.5. The van der Waals surface area contributed by atoms with Crippen molar-refractivity contribution in [1.29, 1.82) is 0 Å². The van der Waals surface area contributed by atoms with Gasteiger partial charge in [-0.15, -0.1) is 5.10 Å². The molecule has 148 valence electrons. The largest absolute Gasteiger partial charge is 0.352 e. The molecule has 3 aromatic heterocycles. The van der Waals surface area contributed by atoms with Crippen LogP contribution in [0.5, 0.6) is 0 Å². The first kappa shape index (κ1) is 18.0. The number of para-hydroxylation sites is 2. The molecule has 1 amide bonds. The van der Waals surface area contributed by atoms with Crippen LogP contribution in [0.25, 0.3) is 16.0 Å². The Labute approximate surface area is 173 Å². The van der Waals surface area contributed by atoms with Crippen molar-refractivity contribution in [3.8, 4) is 0 Å². The minimum Gasteiger partial charge on any atom is -0.340 e. The molecule has 9 nitrogen and oxygen atoms in total. The van der Waals surface area contributed by atoms with Gasteiger partial charge in [0.25, 0.3) is 5.78 Å². The van der Waals surface area contributed by atoms with Crippen LogP contribution in [0, 0.1) is 0 Å². The van der Waals surface area contributed by atoms with Crippen LogP contribution in [0.2, 0.25) is 0 Å². The fourth-order valence-electron chi connectivity index (χ4n) is 2.97. The van der Waals surface area contributed by atoms with Crippen LogP contribution < -0.4 is 16.3 Å². The molecule has 5 aromatic rings. The number of nitrogens with zero attached hydrogens (tertiary/aromatic N) is 5. The summed E-state index contributed by atoms with van der Waals surface area (Å²) in [6.07, 6.45) is 1.57. The molecule has 30 heavy (non-hydrogen) atoms. The average Bonchev–Trinajstić information content (AvgIpc) is 3.29. The minimum atomic E-state index is -0.441. The molecule has 0 unspecified atom stereocenters. The summed E-state index contributed by atoms with van der Waals surface area (Å²) in [5, 5.41) is 10.5. The Bertz CT molecular complexity index is 1390. The minimum absolute atomic E-state index is 0.203. The molecule has 0 saturated carbocycles. The van der Waals surface area contributed by atoms with E-state index in [1.807, 2.05) is 54.6 Å². The Kier molecular flexibility index (Phi) is 4.45. The lowest BCUT2D eigenvalue weighted by molar-refractivity contribution is -0.117. The summed E-state index contributed by atoms with van der Waals surface area (Å²) < 4.78 is 3.35. The first-order chi connectivity index (χ1) is 14.7. The second kappa shape index (κ2) is 7.41. The van der Waals surface area contributed by atoms with Crippen molar-refractivity contribution in [3.63, 3.8) is 0 Å². The maximum atomic E-state index is 12.5. The number of benzene rings is 2. The maximum Gasteiger partial charge on any atom is 0.352 e. The van der Waals surface area contributed by atoms with Crippen LogP contribution in [0.15, 0.2) is 71.7 Å². The van der Waals surface area contributed by atoms with Gasteiger partial charge >= 0.3 is 5.69 Å². The molecule has 0 fully saturated rings. The first-order valence-corrected chi connectivity index (χ1v) is 9.91. The van der Waals surface area contributed by atoms with Crippen LogP contribution in [0.4, 0.5) is 16.6 Å². The average molecular weight is 417 g/mol. The van der Waals surface area contributed by atoms with Gasteiger partial charge in [-0.3, -0.25) is 4.79 Å². The van der Waals surface area contributed by atoms with Gasteiger partial charge < -0.3 is 10.6 Å². The lowest BCUT2D eigenvalue weighted by atomic mass is 10.3. The molecule has 0 aliphatic rings. The van der Waals surface area contributed by atoms with Gasteiger partial charge in [0, 0.05) is 11.9 Å². The van der Waals surface area contributed by atoms with E-state index in [0.29, 0.717) is 10.9 Å². The maximum absolute atomic E-state index is 12.5. The number of hydrogen-bond acceptors (Lipinski definition) is 7. The fourth-order valence-corrected chi connectivity index (χ4v) is 3.85. The van der Waals surface area contributed by atoms with Gasteiger partial charge in [0.15, 0.2) is 5.13 Å². The Morgan fingerprint density at radius 2 is 1.80 bits per heavy atom. The molecule has 0 atom stereocenters. The molecule has 10 heteroatoms. The highest BCUT2D eigenvalue weighted by atomic mass is 32.1. The first-order valence-electron chi connectivity index (χ1n) is 9.09. The SMILES string of the molecule is O=C(Cn1nc2nc(Nc3ccccc3)ccn2c1=O)Nc1nc2ccccc2s1. The van der Waals surface area contributed by atoms with E-state index in [-0.39, 0.29) is 18.2 Å². The van der Waals surface area contributed by atoms with E-state index in [9.17, 15) is 9.59 Å². The normalized spacial score (nSPS) is 11.1. The Morgan fingerprint density at radius 1 is 1.00 bits per heavy atom. The highest BCUT2D eigenvalue weighted by molar-refractivity contribution is 7.22. The number of carbonyl (C=O) groups is 1. The Morgan fingerprint density at radius 3 is 2.63 bits per heavy atom. The highest BCUT2D eigenvalue weighted by Gasteiger charge is 2.14. The molecule has 5 rings (SSSR count). The van der Waals surface area contributed by atoms with Gasteiger partial charge in [-0.2, -0.15) is 4.98 Å². The number of fused-ring (bicyclic) bond motifs is 2. The Hall–Kier alpha value is -4.05. The van der Waals surface area contributed by atoms with E-state index in [0.717, 1.165) is 20.6 Å².